The van der Waals surface area contributed by atoms with E-state index in [0.717, 1.165) is 29.9 Å². The van der Waals surface area contributed by atoms with Crippen molar-refractivity contribution in [2.75, 3.05) is 27.4 Å². The molecule has 1 saturated carbocycles. The summed E-state index contributed by atoms with van der Waals surface area (Å²) >= 11 is 0. The molecule has 136 valence electrons. The van der Waals surface area contributed by atoms with Crippen LogP contribution in [0.2, 0.25) is 0 Å². The van der Waals surface area contributed by atoms with Gasteiger partial charge in [-0.3, -0.25) is 4.79 Å². The van der Waals surface area contributed by atoms with Crippen LogP contribution in [0.25, 0.3) is 0 Å². The molecule has 26 heavy (non-hydrogen) atoms. The summed E-state index contributed by atoms with van der Waals surface area (Å²) < 4.78 is 21.9. The van der Waals surface area contributed by atoms with Gasteiger partial charge in [0.1, 0.15) is 30.3 Å². The Balaban J connectivity index is 1.62. The zero-order valence-electron chi connectivity index (χ0n) is 14.8. The molecule has 1 aliphatic carbocycles. The number of methoxy groups -OCH3 is 2. The molecule has 0 radical (unpaired) electrons. The second kappa shape index (κ2) is 6.44. The first kappa shape index (κ1) is 16.6. The van der Waals surface area contributed by atoms with Crippen LogP contribution in [0, 0.1) is 0 Å². The largest absolute Gasteiger partial charge is 0.496 e. The Labute approximate surface area is 152 Å². The van der Waals surface area contributed by atoms with Gasteiger partial charge in [0, 0.05) is 0 Å². The monoisotopic (exact) mass is 355 g/mol. The Morgan fingerprint density at radius 2 is 1.65 bits per heavy atom. The fourth-order valence-electron chi connectivity index (χ4n) is 3.31. The number of carbonyl (C=O) groups is 1. The normalized spacial score (nSPS) is 16.5. The zero-order chi connectivity index (χ0) is 18.1. The lowest BCUT2D eigenvalue weighted by Gasteiger charge is -2.23. The lowest BCUT2D eigenvalue weighted by atomic mass is 10.0. The molecule has 0 bridgehead atoms. The highest BCUT2D eigenvalue weighted by molar-refractivity contribution is 6.00. The van der Waals surface area contributed by atoms with Crippen LogP contribution in [0.4, 0.5) is 0 Å². The standard InChI is InChI=1S/C20H21NO5/c1-23-15-4-3-5-16(24-2)18(15)19(22)21-20(8-9-20)13-6-7-14-17(12-13)26-11-10-25-14/h3-7,12H,8-11H2,1-2H3,(H,21,22). The lowest BCUT2D eigenvalue weighted by molar-refractivity contribution is 0.0924. The number of hydrogen-bond acceptors (Lipinski definition) is 5. The summed E-state index contributed by atoms with van der Waals surface area (Å²) in [5.41, 5.74) is 1.03. The summed E-state index contributed by atoms with van der Waals surface area (Å²) in [6.07, 6.45) is 1.74. The molecule has 6 heteroatoms. The molecule has 0 atom stereocenters. The van der Waals surface area contributed by atoms with E-state index in [4.69, 9.17) is 18.9 Å². The molecule has 2 aromatic rings. The predicted octanol–water partition coefficient (Wildman–Crippen LogP) is 2.89. The third-order valence-electron chi connectivity index (χ3n) is 4.85. The minimum atomic E-state index is -0.390. The minimum absolute atomic E-state index is 0.216. The highest BCUT2D eigenvalue weighted by Crippen LogP contribution is 2.48. The average molecular weight is 355 g/mol. The number of hydrogen-bond donors (Lipinski definition) is 1. The van der Waals surface area contributed by atoms with E-state index >= 15 is 0 Å². The van der Waals surface area contributed by atoms with E-state index in [9.17, 15) is 4.79 Å². The van der Waals surface area contributed by atoms with Gasteiger partial charge in [-0.2, -0.15) is 0 Å². The Morgan fingerprint density at radius 3 is 2.27 bits per heavy atom. The molecule has 1 heterocycles. The first-order valence-corrected chi connectivity index (χ1v) is 8.60. The molecule has 1 amide bonds. The predicted molar refractivity (Wildman–Crippen MR) is 95.4 cm³/mol. The second-order valence-corrected chi connectivity index (χ2v) is 6.43. The summed E-state index contributed by atoms with van der Waals surface area (Å²) in [7, 11) is 3.08. The van der Waals surface area contributed by atoms with E-state index in [1.54, 1.807) is 32.4 Å². The molecule has 6 nitrogen and oxygen atoms in total. The van der Waals surface area contributed by atoms with Crippen LogP contribution in [0.15, 0.2) is 36.4 Å². The number of rotatable bonds is 5. The van der Waals surface area contributed by atoms with Crippen molar-refractivity contribution in [3.8, 4) is 23.0 Å². The molecule has 0 saturated heterocycles. The van der Waals surface area contributed by atoms with Gasteiger partial charge < -0.3 is 24.3 Å². The van der Waals surface area contributed by atoms with Crippen LogP contribution in [0.1, 0.15) is 28.8 Å². The Kier molecular flexibility index (Phi) is 4.11. The first-order valence-electron chi connectivity index (χ1n) is 8.60. The second-order valence-electron chi connectivity index (χ2n) is 6.43. The fraction of sp³-hybridized carbons (Fsp3) is 0.350. The van der Waals surface area contributed by atoms with Crippen LogP contribution >= 0.6 is 0 Å². The van der Waals surface area contributed by atoms with E-state index < -0.39 is 5.54 Å². The zero-order valence-corrected chi connectivity index (χ0v) is 14.8. The van der Waals surface area contributed by atoms with Gasteiger partial charge in [0.2, 0.25) is 0 Å². The van der Waals surface area contributed by atoms with Crippen molar-refractivity contribution in [1.29, 1.82) is 0 Å². The van der Waals surface area contributed by atoms with E-state index in [-0.39, 0.29) is 5.91 Å². The molecular weight excluding hydrogens is 334 g/mol. The molecule has 2 aromatic carbocycles. The van der Waals surface area contributed by atoms with Gasteiger partial charge in [-0.1, -0.05) is 12.1 Å². The Bertz CT molecular complexity index is 822. The number of ether oxygens (including phenoxy) is 4. The minimum Gasteiger partial charge on any atom is -0.496 e. The van der Waals surface area contributed by atoms with Gasteiger partial charge in [0.05, 0.1) is 19.8 Å². The van der Waals surface area contributed by atoms with Crippen molar-refractivity contribution in [3.05, 3.63) is 47.5 Å². The lowest BCUT2D eigenvalue weighted by Crippen LogP contribution is -2.35. The van der Waals surface area contributed by atoms with Crippen LogP contribution < -0.4 is 24.3 Å². The molecule has 4 rings (SSSR count). The molecule has 0 spiro atoms. The smallest absolute Gasteiger partial charge is 0.259 e. The van der Waals surface area contributed by atoms with Crippen LogP contribution in [0.3, 0.4) is 0 Å². The van der Waals surface area contributed by atoms with Gasteiger partial charge >= 0.3 is 0 Å². The maximum absolute atomic E-state index is 13.0. The third kappa shape index (κ3) is 2.81. The maximum atomic E-state index is 13.0. The van der Waals surface area contributed by atoms with E-state index in [1.165, 1.54) is 0 Å². The van der Waals surface area contributed by atoms with Crippen molar-refractivity contribution >= 4 is 5.91 Å². The fourth-order valence-corrected chi connectivity index (χ4v) is 3.31. The Morgan fingerprint density at radius 1 is 1.00 bits per heavy atom. The number of nitrogens with one attached hydrogen (secondary N) is 1. The highest BCUT2D eigenvalue weighted by Gasteiger charge is 2.46. The summed E-state index contributed by atoms with van der Waals surface area (Å²) in [6, 6.07) is 11.1. The van der Waals surface area contributed by atoms with Crippen molar-refractivity contribution < 1.29 is 23.7 Å². The molecule has 1 N–H and O–H groups in total. The van der Waals surface area contributed by atoms with Gasteiger partial charge in [0.25, 0.3) is 5.91 Å². The number of benzene rings is 2. The summed E-state index contributed by atoms with van der Waals surface area (Å²) in [5.74, 6) is 2.23. The van der Waals surface area contributed by atoms with Gasteiger partial charge in [-0.05, 0) is 42.7 Å². The van der Waals surface area contributed by atoms with Crippen LogP contribution in [-0.4, -0.2) is 33.3 Å². The van der Waals surface area contributed by atoms with Gasteiger partial charge in [-0.15, -0.1) is 0 Å². The summed E-state index contributed by atoms with van der Waals surface area (Å²) in [6.45, 7) is 1.09. The highest BCUT2D eigenvalue weighted by atomic mass is 16.6. The third-order valence-corrected chi connectivity index (χ3v) is 4.85. The van der Waals surface area contributed by atoms with Crippen molar-refractivity contribution in [3.63, 3.8) is 0 Å². The number of carbonyl (C=O) groups excluding carboxylic acids is 1. The van der Waals surface area contributed by atoms with E-state index in [2.05, 4.69) is 5.32 Å². The SMILES string of the molecule is COc1cccc(OC)c1C(=O)NC1(c2ccc3c(c2)OCCO3)CC1. The first-order chi connectivity index (χ1) is 12.7. The van der Waals surface area contributed by atoms with E-state index in [1.807, 2.05) is 18.2 Å². The van der Waals surface area contributed by atoms with Crippen molar-refractivity contribution in [2.45, 2.75) is 18.4 Å². The molecular formula is C20H21NO5. The average Bonchev–Trinajstić information content (AvgIpc) is 3.47. The van der Waals surface area contributed by atoms with Crippen LogP contribution in [0.5, 0.6) is 23.0 Å². The van der Waals surface area contributed by atoms with Crippen molar-refractivity contribution in [1.82, 2.24) is 5.32 Å². The van der Waals surface area contributed by atoms with Crippen molar-refractivity contribution in [2.24, 2.45) is 0 Å². The van der Waals surface area contributed by atoms with E-state index in [0.29, 0.717) is 30.3 Å². The number of amides is 1. The molecule has 1 fully saturated rings. The summed E-state index contributed by atoms with van der Waals surface area (Å²) in [4.78, 5) is 13.0. The molecule has 0 unspecified atom stereocenters. The van der Waals surface area contributed by atoms with Gasteiger partial charge in [-0.25, -0.2) is 0 Å². The number of fused-ring (bicyclic) bond motifs is 1. The molecule has 1 aliphatic heterocycles. The van der Waals surface area contributed by atoms with Crippen LogP contribution in [-0.2, 0) is 5.54 Å². The quantitative estimate of drug-likeness (QED) is 0.893. The molecule has 0 aromatic heterocycles. The van der Waals surface area contributed by atoms with Gasteiger partial charge in [0.15, 0.2) is 11.5 Å². The maximum Gasteiger partial charge on any atom is 0.259 e. The molecule has 2 aliphatic rings. The summed E-state index contributed by atoms with van der Waals surface area (Å²) in [5, 5.41) is 3.16. The Hall–Kier alpha value is -2.89. The topological polar surface area (TPSA) is 66.0 Å².